The molecule has 0 bridgehead atoms. The summed E-state index contributed by atoms with van der Waals surface area (Å²) in [5, 5.41) is 0. The van der Waals surface area contributed by atoms with E-state index in [-0.39, 0.29) is 35.8 Å². The first-order valence-electron chi connectivity index (χ1n) is 7.03. The third kappa shape index (κ3) is 3.62. The number of rotatable bonds is 5. The van der Waals surface area contributed by atoms with E-state index in [2.05, 4.69) is 4.98 Å². The highest BCUT2D eigenvalue weighted by atomic mass is 35.5. The number of likely N-dealkylation sites (N-methyl/N-ethyl adjacent to an activating group) is 1. The van der Waals surface area contributed by atoms with Gasteiger partial charge in [-0.3, -0.25) is 4.79 Å². The number of hydrogen-bond donors (Lipinski definition) is 2. The van der Waals surface area contributed by atoms with E-state index in [0.717, 1.165) is 25.9 Å². The van der Waals surface area contributed by atoms with E-state index in [4.69, 9.17) is 5.73 Å². The molecule has 1 atom stereocenters. The molecule has 7 nitrogen and oxygen atoms in total. The van der Waals surface area contributed by atoms with Gasteiger partial charge in [0.15, 0.2) is 0 Å². The molecule has 1 amide bonds. The number of H-pyrrole nitrogens is 1. The number of nitrogens with zero attached hydrogens (tertiary/aromatic N) is 2. The number of sulfonamides is 1. The molecule has 0 aliphatic carbocycles. The van der Waals surface area contributed by atoms with Crippen molar-refractivity contribution in [3.63, 3.8) is 0 Å². The quantitative estimate of drug-likeness (QED) is 0.813. The Morgan fingerprint density at radius 2 is 2.05 bits per heavy atom. The molecule has 0 saturated carbocycles. The SMILES string of the molecule is CC(CN)N(C)S(=O)(=O)c1c[nH]c(C(=O)N2CCCC2)c1.Cl. The maximum atomic E-state index is 12.4. The third-order valence-corrected chi connectivity index (χ3v) is 5.87. The molecule has 1 aromatic heterocycles. The lowest BCUT2D eigenvalue weighted by molar-refractivity contribution is 0.0787. The zero-order valence-corrected chi connectivity index (χ0v) is 14.4. The Morgan fingerprint density at radius 3 is 2.59 bits per heavy atom. The molecule has 1 aromatic rings. The summed E-state index contributed by atoms with van der Waals surface area (Å²) in [7, 11) is -2.15. The number of nitrogens with two attached hydrogens (primary N) is 1. The van der Waals surface area contributed by atoms with E-state index in [0.29, 0.717) is 5.69 Å². The van der Waals surface area contributed by atoms with Crippen molar-refractivity contribution in [2.45, 2.75) is 30.7 Å². The van der Waals surface area contributed by atoms with Crippen molar-refractivity contribution in [1.82, 2.24) is 14.2 Å². The summed E-state index contributed by atoms with van der Waals surface area (Å²) in [6.45, 7) is 3.42. The van der Waals surface area contributed by atoms with Gasteiger partial charge in [-0.2, -0.15) is 4.31 Å². The average molecular weight is 351 g/mol. The van der Waals surface area contributed by atoms with Crippen LogP contribution in [0.5, 0.6) is 0 Å². The zero-order chi connectivity index (χ0) is 15.6. The van der Waals surface area contributed by atoms with Crippen molar-refractivity contribution >= 4 is 28.3 Å². The van der Waals surface area contributed by atoms with Crippen LogP contribution in [0.25, 0.3) is 0 Å². The van der Waals surface area contributed by atoms with E-state index in [1.165, 1.54) is 23.6 Å². The highest BCUT2D eigenvalue weighted by Gasteiger charge is 2.28. The lowest BCUT2D eigenvalue weighted by Gasteiger charge is -2.22. The predicted molar refractivity (Wildman–Crippen MR) is 86.6 cm³/mol. The summed E-state index contributed by atoms with van der Waals surface area (Å²) in [6, 6.07) is 1.10. The molecular formula is C13H23ClN4O3S. The van der Waals surface area contributed by atoms with Gasteiger partial charge in [-0.15, -0.1) is 12.4 Å². The molecule has 3 N–H and O–H groups in total. The van der Waals surface area contributed by atoms with Crippen LogP contribution in [-0.4, -0.2) is 61.2 Å². The minimum atomic E-state index is -3.64. The van der Waals surface area contributed by atoms with E-state index in [1.807, 2.05) is 0 Å². The zero-order valence-electron chi connectivity index (χ0n) is 12.8. The van der Waals surface area contributed by atoms with E-state index >= 15 is 0 Å². The summed E-state index contributed by atoms with van der Waals surface area (Å²) in [4.78, 5) is 16.8. The number of carbonyl (C=O) groups is 1. The number of hydrogen-bond acceptors (Lipinski definition) is 4. The number of likely N-dealkylation sites (tertiary alicyclic amines) is 1. The van der Waals surface area contributed by atoms with Gasteiger partial charge < -0.3 is 15.6 Å². The van der Waals surface area contributed by atoms with Crippen LogP contribution >= 0.6 is 12.4 Å². The monoisotopic (exact) mass is 350 g/mol. The van der Waals surface area contributed by atoms with Crippen LogP contribution in [0.1, 0.15) is 30.3 Å². The minimum Gasteiger partial charge on any atom is -0.356 e. The van der Waals surface area contributed by atoms with Crippen molar-refractivity contribution in [3.05, 3.63) is 18.0 Å². The van der Waals surface area contributed by atoms with Crippen molar-refractivity contribution in [2.24, 2.45) is 5.73 Å². The van der Waals surface area contributed by atoms with E-state index in [1.54, 1.807) is 11.8 Å². The van der Waals surface area contributed by atoms with E-state index < -0.39 is 10.0 Å². The smallest absolute Gasteiger partial charge is 0.270 e. The fraction of sp³-hybridized carbons (Fsp3) is 0.615. The molecule has 1 aliphatic rings. The molecule has 2 heterocycles. The third-order valence-electron chi connectivity index (χ3n) is 3.92. The fourth-order valence-corrected chi connectivity index (χ4v) is 3.66. The summed E-state index contributed by atoms with van der Waals surface area (Å²) >= 11 is 0. The molecular weight excluding hydrogens is 328 g/mol. The highest BCUT2D eigenvalue weighted by molar-refractivity contribution is 7.89. The van der Waals surface area contributed by atoms with Crippen LogP contribution in [-0.2, 0) is 10.0 Å². The molecule has 2 rings (SSSR count). The number of aromatic amines is 1. The number of halogens is 1. The second-order valence-corrected chi connectivity index (χ2v) is 7.35. The van der Waals surface area contributed by atoms with Gasteiger partial charge in [-0.05, 0) is 25.8 Å². The van der Waals surface area contributed by atoms with Gasteiger partial charge in [0, 0.05) is 38.9 Å². The fourth-order valence-electron chi connectivity index (χ4n) is 2.29. The lowest BCUT2D eigenvalue weighted by Crippen LogP contribution is -2.39. The van der Waals surface area contributed by atoms with Crippen molar-refractivity contribution < 1.29 is 13.2 Å². The standard InChI is InChI=1S/C13H22N4O3S.ClH/c1-10(8-14)16(2)21(19,20)11-7-12(15-9-11)13(18)17-5-3-4-6-17;/h7,9-10,15H,3-6,8,14H2,1-2H3;1H. The molecule has 1 unspecified atom stereocenters. The molecule has 9 heteroatoms. The van der Waals surface area contributed by atoms with Crippen molar-refractivity contribution in [1.29, 1.82) is 0 Å². The van der Waals surface area contributed by atoms with Gasteiger partial charge in [-0.25, -0.2) is 8.42 Å². The Hall–Kier alpha value is -1.09. The second kappa shape index (κ2) is 7.45. The minimum absolute atomic E-state index is 0. The summed E-state index contributed by atoms with van der Waals surface area (Å²) in [5.41, 5.74) is 5.82. The van der Waals surface area contributed by atoms with Gasteiger partial charge in [0.05, 0.1) is 0 Å². The molecule has 0 radical (unpaired) electrons. The lowest BCUT2D eigenvalue weighted by atomic mass is 10.4. The normalized spacial score (nSPS) is 16.6. The molecule has 1 saturated heterocycles. The summed E-state index contributed by atoms with van der Waals surface area (Å²) in [6.07, 6.45) is 3.35. The average Bonchev–Trinajstić information content (AvgIpc) is 3.15. The Bertz CT molecular complexity index is 611. The van der Waals surface area contributed by atoms with Crippen LogP contribution in [0.2, 0.25) is 0 Å². The Balaban J connectivity index is 0.00000242. The summed E-state index contributed by atoms with van der Waals surface area (Å²) < 4.78 is 26.1. The number of aromatic nitrogens is 1. The highest BCUT2D eigenvalue weighted by Crippen LogP contribution is 2.19. The Labute approximate surface area is 137 Å². The molecule has 1 aliphatic heterocycles. The number of amides is 1. The first kappa shape index (κ1) is 19.0. The topological polar surface area (TPSA) is 99.5 Å². The van der Waals surface area contributed by atoms with Crippen molar-refractivity contribution in [2.75, 3.05) is 26.7 Å². The first-order valence-corrected chi connectivity index (χ1v) is 8.47. The predicted octanol–water partition coefficient (Wildman–Crippen LogP) is 0.640. The molecule has 22 heavy (non-hydrogen) atoms. The molecule has 126 valence electrons. The number of nitrogens with one attached hydrogen (secondary N) is 1. The molecule has 1 fully saturated rings. The Morgan fingerprint density at radius 1 is 1.45 bits per heavy atom. The van der Waals surface area contributed by atoms with Crippen LogP contribution in [0.4, 0.5) is 0 Å². The summed E-state index contributed by atoms with van der Waals surface area (Å²) in [5.74, 6) is -0.150. The van der Waals surface area contributed by atoms with E-state index in [9.17, 15) is 13.2 Å². The molecule has 0 spiro atoms. The van der Waals surface area contributed by atoms with Gasteiger partial charge >= 0.3 is 0 Å². The van der Waals surface area contributed by atoms with Crippen LogP contribution in [0, 0.1) is 0 Å². The number of carbonyl (C=O) groups excluding carboxylic acids is 1. The van der Waals surface area contributed by atoms with Gasteiger partial charge in [0.25, 0.3) is 5.91 Å². The second-order valence-electron chi connectivity index (χ2n) is 5.35. The van der Waals surface area contributed by atoms with Crippen LogP contribution in [0.15, 0.2) is 17.2 Å². The van der Waals surface area contributed by atoms with Crippen LogP contribution in [0.3, 0.4) is 0 Å². The van der Waals surface area contributed by atoms with Crippen molar-refractivity contribution in [3.8, 4) is 0 Å². The Kier molecular flexibility index (Phi) is 6.42. The maximum absolute atomic E-state index is 12.4. The molecule has 0 aromatic carbocycles. The van der Waals surface area contributed by atoms with Gasteiger partial charge in [0.1, 0.15) is 10.6 Å². The van der Waals surface area contributed by atoms with Gasteiger partial charge in [-0.1, -0.05) is 0 Å². The first-order chi connectivity index (χ1) is 9.87. The van der Waals surface area contributed by atoms with Crippen LogP contribution < -0.4 is 5.73 Å². The van der Waals surface area contributed by atoms with Gasteiger partial charge in [0.2, 0.25) is 10.0 Å². The largest absolute Gasteiger partial charge is 0.356 e. The maximum Gasteiger partial charge on any atom is 0.270 e.